The third-order valence-electron chi connectivity index (χ3n) is 10.3. The molecule has 4 heteroatoms. The van der Waals surface area contributed by atoms with Crippen LogP contribution in [-0.4, -0.2) is 33.6 Å². The molecule has 0 aromatic heterocycles. The number of phenols is 1. The van der Waals surface area contributed by atoms with Gasteiger partial charge in [0.25, 0.3) is 0 Å². The first kappa shape index (κ1) is 22.0. The van der Waals surface area contributed by atoms with Gasteiger partial charge in [0.15, 0.2) is 0 Å². The number of benzene rings is 1. The fourth-order valence-electron chi connectivity index (χ4n) is 9.34. The zero-order valence-corrected chi connectivity index (χ0v) is 20.1. The Kier molecular flexibility index (Phi) is 4.98. The first-order chi connectivity index (χ1) is 15.8. The van der Waals surface area contributed by atoms with E-state index in [4.69, 9.17) is 10.5 Å². The Morgan fingerprint density at radius 3 is 2.82 bits per heavy atom. The van der Waals surface area contributed by atoms with Crippen molar-refractivity contribution in [2.45, 2.75) is 88.4 Å². The van der Waals surface area contributed by atoms with E-state index in [-0.39, 0.29) is 35.6 Å². The topological polar surface area (TPSA) is 75.7 Å². The summed E-state index contributed by atoms with van der Waals surface area (Å²) in [6, 6.07) is 5.82. The molecule has 0 unspecified atom stereocenters. The molecule has 1 aromatic rings. The minimum Gasteiger partial charge on any atom is -0.508 e. The van der Waals surface area contributed by atoms with E-state index in [0.29, 0.717) is 29.9 Å². The molecule has 6 bridgehead atoms. The van der Waals surface area contributed by atoms with Crippen molar-refractivity contribution >= 4 is 0 Å². The highest BCUT2D eigenvalue weighted by atomic mass is 16.5. The summed E-state index contributed by atoms with van der Waals surface area (Å²) >= 11 is 0. The van der Waals surface area contributed by atoms with Crippen molar-refractivity contribution in [2.24, 2.45) is 41.2 Å². The normalized spacial score (nSPS) is 45.1. The number of aliphatic hydroxyl groups excluding tert-OH is 1. The summed E-state index contributed by atoms with van der Waals surface area (Å²) < 4.78 is 7.21. The maximum absolute atomic E-state index is 10.5. The molecule has 5 fully saturated rings. The molecule has 4 aliphatic carbocycles. The lowest BCUT2D eigenvalue weighted by molar-refractivity contribution is -0.339. The number of ether oxygens (including phenoxy) is 1. The SMILES string of the molecule is CC1(C)O[C@@]23C[C@@H]4CC[C@@H](CO)[C@](N)([C@@H]2C#CCc2cc(O)ccc2C[C@H]2CCC[C@@H]3C2)[C@@H]41. The van der Waals surface area contributed by atoms with Gasteiger partial charge >= 0.3 is 0 Å². The van der Waals surface area contributed by atoms with Crippen molar-refractivity contribution < 1.29 is 14.9 Å². The number of rotatable bonds is 1. The van der Waals surface area contributed by atoms with Crippen LogP contribution in [0.25, 0.3) is 0 Å². The molecular weight excluding hydrogens is 410 g/mol. The van der Waals surface area contributed by atoms with Gasteiger partial charge in [0.1, 0.15) is 5.75 Å². The van der Waals surface area contributed by atoms with Crippen molar-refractivity contribution in [3.05, 3.63) is 29.3 Å². The van der Waals surface area contributed by atoms with Gasteiger partial charge < -0.3 is 20.7 Å². The molecule has 1 spiro atoms. The lowest BCUT2D eigenvalue weighted by Crippen LogP contribution is -2.82. The first-order valence-electron chi connectivity index (χ1n) is 13.2. The van der Waals surface area contributed by atoms with Gasteiger partial charge in [0.2, 0.25) is 0 Å². The van der Waals surface area contributed by atoms with Crippen LogP contribution in [0.15, 0.2) is 18.2 Å². The predicted molar refractivity (Wildman–Crippen MR) is 128 cm³/mol. The molecule has 8 atom stereocenters. The summed E-state index contributed by atoms with van der Waals surface area (Å²) in [6.45, 7) is 4.63. The first-order valence-corrected chi connectivity index (χ1v) is 13.2. The Hall–Kier alpha value is -1.54. The van der Waals surface area contributed by atoms with Gasteiger partial charge in [-0.25, -0.2) is 0 Å². The number of nitrogens with two attached hydrogens (primary N) is 1. The van der Waals surface area contributed by atoms with E-state index in [9.17, 15) is 10.2 Å². The Bertz CT molecular complexity index is 1010. The van der Waals surface area contributed by atoms with E-state index in [0.717, 1.165) is 37.7 Å². The van der Waals surface area contributed by atoms with Crippen LogP contribution < -0.4 is 5.73 Å². The zero-order valence-electron chi connectivity index (χ0n) is 20.1. The average molecular weight is 450 g/mol. The lowest BCUT2D eigenvalue weighted by atomic mass is 9.40. The van der Waals surface area contributed by atoms with Crippen LogP contribution in [0.4, 0.5) is 0 Å². The van der Waals surface area contributed by atoms with Gasteiger partial charge in [0, 0.05) is 30.4 Å². The van der Waals surface area contributed by atoms with Crippen LogP contribution in [0.1, 0.15) is 69.9 Å². The van der Waals surface area contributed by atoms with Crippen LogP contribution in [0, 0.1) is 47.3 Å². The van der Waals surface area contributed by atoms with Crippen LogP contribution in [-0.2, 0) is 17.6 Å². The van der Waals surface area contributed by atoms with Crippen LogP contribution in [0.5, 0.6) is 5.75 Å². The number of hydrogen-bond acceptors (Lipinski definition) is 4. The number of fused-ring (bicyclic) bond motifs is 4. The number of hydrogen-bond donors (Lipinski definition) is 3. The van der Waals surface area contributed by atoms with Crippen LogP contribution in [0.3, 0.4) is 0 Å². The second-order valence-corrected chi connectivity index (χ2v) is 12.4. The number of aromatic hydroxyl groups is 1. The fraction of sp³-hybridized carbons (Fsp3) is 0.724. The molecule has 2 aliphatic heterocycles. The van der Waals surface area contributed by atoms with Crippen LogP contribution in [0.2, 0.25) is 0 Å². The Labute approximate surface area is 198 Å². The summed E-state index contributed by atoms with van der Waals surface area (Å²) in [7, 11) is 0. The largest absolute Gasteiger partial charge is 0.508 e. The minimum atomic E-state index is -0.521. The number of aliphatic hydroxyl groups is 1. The van der Waals surface area contributed by atoms with Crippen molar-refractivity contribution in [1.82, 2.24) is 0 Å². The van der Waals surface area contributed by atoms with E-state index in [2.05, 4.69) is 31.8 Å². The van der Waals surface area contributed by atoms with Gasteiger partial charge in [0.05, 0.1) is 17.1 Å². The predicted octanol–water partition coefficient (Wildman–Crippen LogP) is 4.20. The summed E-state index contributed by atoms with van der Waals surface area (Å²) in [4.78, 5) is 0. The van der Waals surface area contributed by atoms with Crippen molar-refractivity contribution in [2.75, 3.05) is 6.61 Å². The highest BCUT2D eigenvalue weighted by Gasteiger charge is 2.74. The highest BCUT2D eigenvalue weighted by molar-refractivity contribution is 5.39. The van der Waals surface area contributed by atoms with E-state index in [1.165, 1.54) is 24.8 Å². The maximum Gasteiger partial charge on any atom is 0.115 e. The highest BCUT2D eigenvalue weighted by Crippen LogP contribution is 2.67. The lowest BCUT2D eigenvalue weighted by Gasteiger charge is -2.73. The maximum atomic E-state index is 10.5. The molecule has 178 valence electrons. The second-order valence-electron chi connectivity index (χ2n) is 12.4. The third-order valence-corrected chi connectivity index (χ3v) is 10.3. The molecule has 2 heterocycles. The molecule has 7 rings (SSSR count). The van der Waals surface area contributed by atoms with Gasteiger partial charge in [-0.3, -0.25) is 0 Å². The van der Waals surface area contributed by atoms with Crippen molar-refractivity contribution in [3.8, 4) is 17.6 Å². The zero-order chi connectivity index (χ0) is 23.0. The van der Waals surface area contributed by atoms with Gasteiger partial charge in [-0.1, -0.05) is 30.7 Å². The molecule has 4 nitrogen and oxygen atoms in total. The molecule has 3 saturated carbocycles. The Balaban J connectivity index is 1.53. The van der Waals surface area contributed by atoms with Crippen molar-refractivity contribution in [3.63, 3.8) is 0 Å². The smallest absolute Gasteiger partial charge is 0.115 e. The summed E-state index contributed by atoms with van der Waals surface area (Å²) in [6.07, 6.45) is 9.71. The molecule has 33 heavy (non-hydrogen) atoms. The van der Waals surface area contributed by atoms with Gasteiger partial charge in [-0.15, -0.1) is 0 Å². The average Bonchev–Trinajstić information content (AvgIpc) is 2.78. The summed E-state index contributed by atoms with van der Waals surface area (Å²) in [5, 5.41) is 20.6. The molecule has 2 saturated heterocycles. The standard InChI is InChI=1S/C29H39NO3/c1-27(2)26-21-9-11-23(17-31)29(26,30)25-8-4-6-19-15-24(32)12-10-20(19)13-18-5-3-7-22(14-18)28(25,16-21)33-27/h10,12,15,18,21-23,25-26,31-32H,3,5-7,9,11,13-14,16-17,30H2,1-2H3/t18-,21+,22-,23+,25-,26+,28-,29+/m1/s1. The molecule has 6 aliphatic rings. The molecule has 4 N–H and O–H groups in total. The minimum absolute atomic E-state index is 0.0562. The van der Waals surface area contributed by atoms with Gasteiger partial charge in [-0.2, -0.15) is 0 Å². The fourth-order valence-corrected chi connectivity index (χ4v) is 9.34. The van der Waals surface area contributed by atoms with Gasteiger partial charge in [-0.05, 0) is 93.4 Å². The quantitative estimate of drug-likeness (QED) is 0.562. The van der Waals surface area contributed by atoms with E-state index in [1.54, 1.807) is 0 Å². The van der Waals surface area contributed by atoms with E-state index < -0.39 is 5.54 Å². The monoisotopic (exact) mass is 449 g/mol. The number of phenolic OH excluding ortho intramolecular Hbond substituents is 1. The molecule has 1 aromatic carbocycles. The summed E-state index contributed by atoms with van der Waals surface area (Å²) in [5.41, 5.74) is 8.85. The Morgan fingerprint density at radius 2 is 2.00 bits per heavy atom. The second kappa shape index (κ2) is 7.48. The molecular formula is C29H39NO3. The third kappa shape index (κ3) is 3.08. The van der Waals surface area contributed by atoms with E-state index in [1.807, 2.05) is 12.1 Å². The summed E-state index contributed by atoms with van der Waals surface area (Å²) in [5.74, 6) is 9.41. The molecule has 0 radical (unpaired) electrons. The Morgan fingerprint density at radius 1 is 1.15 bits per heavy atom. The van der Waals surface area contributed by atoms with Crippen molar-refractivity contribution in [1.29, 1.82) is 0 Å². The van der Waals surface area contributed by atoms with E-state index >= 15 is 0 Å². The van der Waals surface area contributed by atoms with Crippen LogP contribution >= 0.6 is 0 Å². The molecule has 0 amide bonds.